The summed E-state index contributed by atoms with van der Waals surface area (Å²) in [5.74, 6) is 0. The first-order chi connectivity index (χ1) is 13.5. The zero-order chi connectivity index (χ0) is 20.9. The Bertz CT molecular complexity index is 446. The van der Waals surface area contributed by atoms with Gasteiger partial charge in [-0.25, -0.2) is 0 Å². The van der Waals surface area contributed by atoms with Crippen LogP contribution in [0.5, 0.6) is 0 Å². The summed E-state index contributed by atoms with van der Waals surface area (Å²) in [7, 11) is 9.85. The third-order valence-electron chi connectivity index (χ3n) is 4.52. The van der Waals surface area contributed by atoms with E-state index in [0.717, 1.165) is 43.1 Å². The molecule has 0 rings (SSSR count). The lowest BCUT2D eigenvalue weighted by atomic mass is 10.1. The van der Waals surface area contributed by atoms with E-state index in [-0.39, 0.29) is 0 Å². The SMILES string of the molecule is CCCCC/C=C\C/C=C\C/C=C\C/C=C\CCCCC(C[N+](C)(C)C)O[PH-]. The van der Waals surface area contributed by atoms with E-state index in [1.807, 2.05) is 0 Å². The molecule has 0 aliphatic heterocycles. The van der Waals surface area contributed by atoms with E-state index in [0.29, 0.717) is 6.10 Å². The van der Waals surface area contributed by atoms with Crippen LogP contribution < -0.4 is 0 Å². The summed E-state index contributed by atoms with van der Waals surface area (Å²) < 4.78 is 6.35. The number of nitrogens with zero attached hydrogens (tertiary/aromatic N) is 1. The summed E-state index contributed by atoms with van der Waals surface area (Å²) in [5, 5.41) is 0. The Morgan fingerprint density at radius 2 is 1.18 bits per heavy atom. The highest BCUT2D eigenvalue weighted by molar-refractivity contribution is 7.09. The van der Waals surface area contributed by atoms with Crippen LogP contribution in [0, 0.1) is 0 Å². The standard InChI is InChI=1S/C25H46NOP/c1-5-6-7-8-9-10-11-12-13-14-15-16-17-18-19-20-21-22-23-25(27-28)24-26(2,3)4/h9-10,12-13,15-16,18-19,25,28H,5-8,11,14,17,20-24H2,1-4H3/b10-9-,13-12-,16-15-,19-18-. The quantitative estimate of drug-likeness (QED) is 0.0980. The third-order valence-corrected chi connectivity index (χ3v) is 4.86. The van der Waals surface area contributed by atoms with Gasteiger partial charge >= 0.3 is 0 Å². The maximum atomic E-state index is 5.41. The van der Waals surface area contributed by atoms with E-state index in [1.54, 1.807) is 0 Å². The summed E-state index contributed by atoms with van der Waals surface area (Å²) in [4.78, 5) is 0. The van der Waals surface area contributed by atoms with Gasteiger partial charge in [0.05, 0.1) is 27.2 Å². The van der Waals surface area contributed by atoms with Crippen molar-refractivity contribution in [3.63, 3.8) is 0 Å². The highest BCUT2D eigenvalue weighted by atomic mass is 31.0. The summed E-state index contributed by atoms with van der Waals surface area (Å²) in [6.07, 6.45) is 31.6. The van der Waals surface area contributed by atoms with Gasteiger partial charge in [0, 0.05) is 0 Å². The molecule has 3 heteroatoms. The molecule has 0 aromatic rings. The first-order valence-corrected chi connectivity index (χ1v) is 11.6. The molecule has 0 fully saturated rings. The van der Waals surface area contributed by atoms with Crippen LogP contribution >= 0.6 is 9.47 Å². The molecule has 0 bridgehead atoms. The highest BCUT2D eigenvalue weighted by Crippen LogP contribution is 2.13. The number of rotatable bonds is 18. The number of likely N-dealkylation sites (N-methyl/N-ethyl adjacent to an activating group) is 1. The van der Waals surface area contributed by atoms with Crippen LogP contribution in [0.3, 0.4) is 0 Å². The van der Waals surface area contributed by atoms with Crippen molar-refractivity contribution in [3.8, 4) is 0 Å². The molecular formula is C25H46NOP. The van der Waals surface area contributed by atoms with Crippen LogP contribution in [0.25, 0.3) is 0 Å². The molecule has 0 aliphatic rings. The van der Waals surface area contributed by atoms with Crippen molar-refractivity contribution < 1.29 is 9.01 Å². The molecule has 162 valence electrons. The number of hydrogen-bond acceptors (Lipinski definition) is 1. The molecule has 0 aromatic carbocycles. The zero-order valence-electron chi connectivity index (χ0n) is 19.0. The highest BCUT2D eigenvalue weighted by Gasteiger charge is 2.14. The topological polar surface area (TPSA) is 9.23 Å². The molecule has 0 amide bonds. The fraction of sp³-hybridized carbons (Fsp3) is 0.680. The molecule has 0 aromatic heterocycles. The predicted molar refractivity (Wildman–Crippen MR) is 129 cm³/mol. The van der Waals surface area contributed by atoms with Gasteiger partial charge in [0.1, 0.15) is 6.54 Å². The van der Waals surface area contributed by atoms with Crippen LogP contribution in [0.15, 0.2) is 48.6 Å². The Balaban J connectivity index is 3.57. The lowest BCUT2D eigenvalue weighted by Gasteiger charge is -2.31. The normalized spacial score (nSPS) is 14.3. The molecule has 0 N–H and O–H groups in total. The second-order valence-corrected chi connectivity index (χ2v) is 8.82. The summed E-state index contributed by atoms with van der Waals surface area (Å²) >= 11 is 0. The lowest BCUT2D eigenvalue weighted by Crippen LogP contribution is -2.41. The predicted octanol–water partition coefficient (Wildman–Crippen LogP) is 7.67. The molecular weight excluding hydrogens is 361 g/mol. The lowest BCUT2D eigenvalue weighted by molar-refractivity contribution is -0.873. The van der Waals surface area contributed by atoms with Crippen molar-refractivity contribution >= 4 is 9.47 Å². The van der Waals surface area contributed by atoms with Crippen molar-refractivity contribution in [2.45, 2.75) is 83.7 Å². The van der Waals surface area contributed by atoms with E-state index in [9.17, 15) is 0 Å². The number of quaternary nitrogens is 1. The minimum atomic E-state index is 0.299. The molecule has 28 heavy (non-hydrogen) atoms. The van der Waals surface area contributed by atoms with Crippen LogP contribution in [-0.4, -0.2) is 38.3 Å². The molecule has 2 nitrogen and oxygen atoms in total. The largest absolute Gasteiger partial charge is 0.554 e. The molecule has 0 aliphatic carbocycles. The second kappa shape index (κ2) is 19.6. The molecule has 0 radical (unpaired) electrons. The average molecular weight is 408 g/mol. The molecule has 0 saturated heterocycles. The van der Waals surface area contributed by atoms with Crippen LogP contribution in [-0.2, 0) is 4.52 Å². The smallest absolute Gasteiger partial charge is 0.102 e. The molecule has 0 saturated carbocycles. The third kappa shape index (κ3) is 21.6. The van der Waals surface area contributed by atoms with Gasteiger partial charge in [-0.3, -0.25) is 0 Å². The fourth-order valence-corrected chi connectivity index (χ4v) is 3.19. The Hall–Kier alpha value is -0.690. The average Bonchev–Trinajstić information content (AvgIpc) is 2.65. The van der Waals surface area contributed by atoms with Crippen LogP contribution in [0.4, 0.5) is 0 Å². The maximum Gasteiger partial charge on any atom is 0.102 e. The Kier molecular flexibility index (Phi) is 19.1. The van der Waals surface area contributed by atoms with E-state index >= 15 is 0 Å². The van der Waals surface area contributed by atoms with Crippen molar-refractivity contribution in [1.29, 1.82) is 0 Å². The van der Waals surface area contributed by atoms with Crippen molar-refractivity contribution in [2.24, 2.45) is 0 Å². The van der Waals surface area contributed by atoms with Gasteiger partial charge in [0.2, 0.25) is 0 Å². The Labute approximate surface area is 178 Å². The molecule has 1 atom stereocenters. The summed E-state index contributed by atoms with van der Waals surface area (Å²) in [6, 6.07) is 0. The number of hydrogen-bond donors (Lipinski definition) is 0. The Morgan fingerprint density at radius 1 is 0.714 bits per heavy atom. The van der Waals surface area contributed by atoms with Crippen molar-refractivity contribution in [1.82, 2.24) is 0 Å². The minimum absolute atomic E-state index is 0.299. The van der Waals surface area contributed by atoms with Crippen LogP contribution in [0.1, 0.15) is 77.6 Å². The second-order valence-electron chi connectivity index (χ2n) is 8.59. The fourth-order valence-electron chi connectivity index (χ4n) is 2.99. The van der Waals surface area contributed by atoms with Crippen molar-refractivity contribution in [2.75, 3.05) is 27.7 Å². The van der Waals surface area contributed by atoms with Gasteiger partial charge in [0.25, 0.3) is 0 Å². The Morgan fingerprint density at radius 3 is 1.61 bits per heavy atom. The van der Waals surface area contributed by atoms with Gasteiger partial charge < -0.3 is 18.5 Å². The van der Waals surface area contributed by atoms with Gasteiger partial charge in [-0.1, -0.05) is 74.8 Å². The van der Waals surface area contributed by atoms with Gasteiger partial charge in [0.15, 0.2) is 0 Å². The summed E-state index contributed by atoms with van der Waals surface area (Å²) in [6.45, 7) is 3.29. The number of unbranched alkanes of at least 4 members (excludes halogenated alkanes) is 5. The van der Waals surface area contributed by atoms with E-state index < -0.39 is 0 Å². The van der Waals surface area contributed by atoms with Gasteiger partial charge in [-0.05, 0) is 51.4 Å². The molecule has 1 unspecified atom stereocenters. The van der Waals surface area contributed by atoms with E-state index in [2.05, 4.69) is 86.1 Å². The first kappa shape index (κ1) is 27.3. The number of allylic oxidation sites excluding steroid dienone is 8. The minimum Gasteiger partial charge on any atom is -0.554 e. The monoisotopic (exact) mass is 407 g/mol. The summed E-state index contributed by atoms with van der Waals surface area (Å²) in [5.41, 5.74) is 0. The first-order valence-electron chi connectivity index (χ1n) is 11.2. The molecule has 0 spiro atoms. The van der Waals surface area contributed by atoms with Crippen molar-refractivity contribution in [3.05, 3.63) is 48.6 Å². The van der Waals surface area contributed by atoms with E-state index in [1.165, 1.54) is 38.5 Å². The van der Waals surface area contributed by atoms with Crippen LogP contribution in [0.2, 0.25) is 0 Å². The molecule has 0 heterocycles. The maximum absolute atomic E-state index is 5.41. The van der Waals surface area contributed by atoms with Gasteiger partial charge in [-0.15, -0.1) is 0 Å². The van der Waals surface area contributed by atoms with Gasteiger partial charge in [-0.2, -0.15) is 0 Å². The van der Waals surface area contributed by atoms with E-state index in [4.69, 9.17) is 4.52 Å². The zero-order valence-corrected chi connectivity index (χ0v) is 20.0.